The molecule has 0 amide bonds. The van der Waals surface area contributed by atoms with Crippen LogP contribution in [0.4, 0.5) is 5.69 Å². The van der Waals surface area contributed by atoms with Gasteiger partial charge in [-0.2, -0.15) is 0 Å². The summed E-state index contributed by atoms with van der Waals surface area (Å²) in [6.07, 6.45) is 2.48. The number of nitrogens with zero attached hydrogens (tertiary/aromatic N) is 1. The molecule has 0 spiro atoms. The van der Waals surface area contributed by atoms with Gasteiger partial charge >= 0.3 is 0 Å². The summed E-state index contributed by atoms with van der Waals surface area (Å²) >= 11 is 6.33. The predicted molar refractivity (Wildman–Crippen MR) is 77.7 cm³/mol. The van der Waals surface area contributed by atoms with Crippen molar-refractivity contribution < 1.29 is 0 Å². The van der Waals surface area contributed by atoms with E-state index in [2.05, 4.69) is 18.7 Å². The van der Waals surface area contributed by atoms with Crippen molar-refractivity contribution in [2.75, 3.05) is 11.4 Å². The van der Waals surface area contributed by atoms with Crippen LogP contribution in [0.1, 0.15) is 32.3 Å². The highest BCUT2D eigenvalue weighted by Crippen LogP contribution is 2.33. The van der Waals surface area contributed by atoms with Crippen LogP contribution in [-0.4, -0.2) is 18.4 Å². The van der Waals surface area contributed by atoms with Crippen LogP contribution in [-0.2, 0) is 0 Å². The lowest BCUT2D eigenvalue weighted by atomic mass is 9.91. The summed E-state index contributed by atoms with van der Waals surface area (Å²) in [6, 6.07) is 6.13. The first-order chi connectivity index (χ1) is 8.50. The Labute approximate surface area is 113 Å². The van der Waals surface area contributed by atoms with E-state index in [0.717, 1.165) is 12.2 Å². The smallest absolute Gasteiger partial charge is 0.122 e. The molecule has 2 atom stereocenters. The highest BCUT2D eigenvalue weighted by atomic mass is 35.5. The number of rotatable bonds is 2. The summed E-state index contributed by atoms with van der Waals surface area (Å²) in [5.41, 5.74) is 7.21. The Kier molecular flexibility index (Phi) is 3.81. The van der Waals surface area contributed by atoms with Gasteiger partial charge in [-0.15, -0.1) is 0 Å². The molecule has 0 aliphatic carbocycles. The maximum absolute atomic E-state index is 7.42. The zero-order valence-corrected chi connectivity index (χ0v) is 11.7. The number of anilines is 1. The predicted octanol–water partition coefficient (Wildman–Crippen LogP) is 3.25. The van der Waals surface area contributed by atoms with E-state index < -0.39 is 0 Å². The number of piperidine rings is 1. The second-order valence-corrected chi connectivity index (χ2v) is 5.54. The van der Waals surface area contributed by atoms with Gasteiger partial charge in [0.1, 0.15) is 5.84 Å². The first-order valence-electron chi connectivity index (χ1n) is 6.41. The van der Waals surface area contributed by atoms with Crippen LogP contribution < -0.4 is 10.6 Å². The topological polar surface area (TPSA) is 53.1 Å². The van der Waals surface area contributed by atoms with Crippen LogP contribution in [0.2, 0.25) is 5.02 Å². The molecule has 2 unspecified atom stereocenters. The molecule has 0 radical (unpaired) electrons. The molecule has 98 valence electrons. The molecule has 3 N–H and O–H groups in total. The second-order valence-electron chi connectivity index (χ2n) is 5.13. The van der Waals surface area contributed by atoms with E-state index in [4.69, 9.17) is 22.7 Å². The van der Waals surface area contributed by atoms with Gasteiger partial charge in [-0.25, -0.2) is 0 Å². The van der Waals surface area contributed by atoms with E-state index in [1.807, 2.05) is 12.1 Å². The summed E-state index contributed by atoms with van der Waals surface area (Å²) in [4.78, 5) is 2.36. The average Bonchev–Trinajstić information content (AvgIpc) is 2.33. The van der Waals surface area contributed by atoms with E-state index in [-0.39, 0.29) is 5.84 Å². The first kappa shape index (κ1) is 13.2. The van der Waals surface area contributed by atoms with E-state index in [0.29, 0.717) is 22.5 Å². The third-order valence-corrected chi connectivity index (χ3v) is 4.24. The molecule has 1 aromatic rings. The van der Waals surface area contributed by atoms with Crippen molar-refractivity contribution in [1.29, 1.82) is 5.41 Å². The lowest BCUT2D eigenvalue weighted by Gasteiger charge is -2.40. The molecular formula is C14H20ClN3. The molecule has 18 heavy (non-hydrogen) atoms. The summed E-state index contributed by atoms with van der Waals surface area (Å²) in [5, 5.41) is 8.11. The molecule has 1 fully saturated rings. The van der Waals surface area contributed by atoms with Gasteiger partial charge < -0.3 is 10.6 Å². The van der Waals surface area contributed by atoms with Gasteiger partial charge in [0.2, 0.25) is 0 Å². The minimum Gasteiger partial charge on any atom is -0.384 e. The lowest BCUT2D eigenvalue weighted by molar-refractivity contribution is 0.363. The number of nitrogens with two attached hydrogens (primary N) is 1. The van der Waals surface area contributed by atoms with Crippen molar-refractivity contribution in [1.82, 2.24) is 0 Å². The van der Waals surface area contributed by atoms with E-state index in [9.17, 15) is 0 Å². The summed E-state index contributed by atoms with van der Waals surface area (Å²) < 4.78 is 0. The fourth-order valence-corrected chi connectivity index (χ4v) is 2.87. The van der Waals surface area contributed by atoms with E-state index >= 15 is 0 Å². The molecule has 0 saturated carbocycles. The quantitative estimate of drug-likeness (QED) is 0.637. The van der Waals surface area contributed by atoms with Gasteiger partial charge in [0, 0.05) is 18.2 Å². The number of halogens is 1. The number of nitrogen functional groups attached to an aromatic ring is 1. The largest absolute Gasteiger partial charge is 0.384 e. The first-order valence-corrected chi connectivity index (χ1v) is 6.79. The van der Waals surface area contributed by atoms with Crippen LogP contribution in [0.3, 0.4) is 0 Å². The van der Waals surface area contributed by atoms with Crippen LogP contribution in [0.25, 0.3) is 0 Å². The van der Waals surface area contributed by atoms with Crippen molar-refractivity contribution in [3.63, 3.8) is 0 Å². The molecule has 2 rings (SSSR count). The van der Waals surface area contributed by atoms with Gasteiger partial charge in [-0.05, 0) is 43.9 Å². The van der Waals surface area contributed by atoms with E-state index in [1.165, 1.54) is 12.8 Å². The van der Waals surface area contributed by atoms with Crippen LogP contribution in [0.15, 0.2) is 18.2 Å². The Bertz CT molecular complexity index is 458. The van der Waals surface area contributed by atoms with Crippen molar-refractivity contribution in [3.05, 3.63) is 28.8 Å². The monoisotopic (exact) mass is 265 g/mol. The average molecular weight is 266 g/mol. The zero-order valence-electron chi connectivity index (χ0n) is 10.9. The highest BCUT2D eigenvalue weighted by Gasteiger charge is 2.26. The Morgan fingerprint density at radius 1 is 1.44 bits per heavy atom. The Hall–Kier alpha value is -1.22. The lowest BCUT2D eigenvalue weighted by Crippen LogP contribution is -2.42. The Balaban J connectivity index is 2.30. The molecule has 1 aliphatic heterocycles. The van der Waals surface area contributed by atoms with Crippen molar-refractivity contribution >= 4 is 23.1 Å². The number of hydrogen-bond donors (Lipinski definition) is 2. The van der Waals surface area contributed by atoms with Gasteiger partial charge in [0.25, 0.3) is 0 Å². The molecule has 1 saturated heterocycles. The van der Waals surface area contributed by atoms with Crippen LogP contribution >= 0.6 is 11.6 Å². The zero-order chi connectivity index (χ0) is 13.3. The van der Waals surface area contributed by atoms with Gasteiger partial charge in [-0.3, -0.25) is 5.41 Å². The number of hydrogen-bond acceptors (Lipinski definition) is 2. The van der Waals surface area contributed by atoms with E-state index in [1.54, 1.807) is 6.07 Å². The van der Waals surface area contributed by atoms with Crippen LogP contribution in [0.5, 0.6) is 0 Å². The SMILES string of the molecule is CC1CCCN(c2ccc(C(=N)N)cc2Cl)C1C. The molecule has 4 heteroatoms. The minimum absolute atomic E-state index is 0.0588. The van der Waals surface area contributed by atoms with Crippen molar-refractivity contribution in [2.45, 2.75) is 32.7 Å². The second kappa shape index (κ2) is 5.19. The fraction of sp³-hybridized carbons (Fsp3) is 0.500. The van der Waals surface area contributed by atoms with Gasteiger partial charge in [0.05, 0.1) is 10.7 Å². The molecule has 1 aliphatic rings. The maximum atomic E-state index is 7.42. The minimum atomic E-state index is 0.0588. The van der Waals surface area contributed by atoms with Crippen molar-refractivity contribution in [3.8, 4) is 0 Å². The molecule has 0 bridgehead atoms. The third-order valence-electron chi connectivity index (χ3n) is 3.94. The third kappa shape index (κ3) is 2.46. The molecule has 3 nitrogen and oxygen atoms in total. The molecule has 1 heterocycles. The normalized spacial score (nSPS) is 24.1. The fourth-order valence-electron chi connectivity index (χ4n) is 2.58. The highest BCUT2D eigenvalue weighted by molar-refractivity contribution is 6.33. The summed E-state index contributed by atoms with van der Waals surface area (Å²) in [6.45, 7) is 5.58. The molecular weight excluding hydrogens is 246 g/mol. The van der Waals surface area contributed by atoms with Gasteiger partial charge in [0.15, 0.2) is 0 Å². The number of nitrogens with one attached hydrogen (secondary N) is 1. The number of benzene rings is 1. The molecule has 1 aromatic carbocycles. The summed E-state index contributed by atoms with van der Waals surface area (Å²) in [5.74, 6) is 0.741. The molecule has 0 aromatic heterocycles. The van der Waals surface area contributed by atoms with Crippen LogP contribution in [0, 0.1) is 11.3 Å². The Morgan fingerprint density at radius 2 is 2.17 bits per heavy atom. The standard InChI is InChI=1S/C14H20ClN3/c1-9-4-3-7-18(10(9)2)13-6-5-11(14(16)17)8-12(13)15/h5-6,8-10H,3-4,7H2,1-2H3,(H3,16,17). The Morgan fingerprint density at radius 3 is 2.78 bits per heavy atom. The maximum Gasteiger partial charge on any atom is 0.122 e. The summed E-state index contributed by atoms with van der Waals surface area (Å²) in [7, 11) is 0. The number of amidine groups is 1. The van der Waals surface area contributed by atoms with Gasteiger partial charge in [-0.1, -0.05) is 18.5 Å². The van der Waals surface area contributed by atoms with Crippen molar-refractivity contribution in [2.24, 2.45) is 11.7 Å².